The van der Waals surface area contributed by atoms with Crippen LogP contribution in [0, 0.1) is 11.3 Å². The Bertz CT molecular complexity index is 512. The maximum absolute atomic E-state index is 8.62. The van der Waals surface area contributed by atoms with Gasteiger partial charge in [0.1, 0.15) is 10.7 Å². The van der Waals surface area contributed by atoms with Crippen molar-refractivity contribution in [3.8, 4) is 6.07 Å². The Hall–Kier alpha value is -1.67. The second-order valence-electron chi connectivity index (χ2n) is 3.00. The number of rotatable bonds is 2. The largest absolute Gasteiger partial charge is 0.332 e. The number of aromatic nitrogens is 3. The molecule has 4 nitrogen and oxygen atoms in total. The number of imidazole rings is 1. The lowest BCUT2D eigenvalue weighted by Crippen LogP contribution is -1.98. The molecule has 0 spiro atoms. The molecule has 0 bridgehead atoms. The average molecular weight is 263 g/mol. The number of halogens is 1. The van der Waals surface area contributed by atoms with E-state index in [1.54, 1.807) is 18.7 Å². The van der Waals surface area contributed by atoms with Gasteiger partial charge in [-0.1, -0.05) is 6.07 Å². The van der Waals surface area contributed by atoms with Crippen molar-refractivity contribution >= 4 is 15.9 Å². The molecule has 5 heteroatoms. The van der Waals surface area contributed by atoms with Gasteiger partial charge in [0.2, 0.25) is 0 Å². The summed E-state index contributed by atoms with van der Waals surface area (Å²) in [5.74, 6) is 0. The van der Waals surface area contributed by atoms with Gasteiger partial charge < -0.3 is 4.57 Å². The highest BCUT2D eigenvalue weighted by atomic mass is 79.9. The van der Waals surface area contributed by atoms with Crippen molar-refractivity contribution in [3.63, 3.8) is 0 Å². The van der Waals surface area contributed by atoms with Crippen LogP contribution in [0.3, 0.4) is 0 Å². The van der Waals surface area contributed by atoms with Gasteiger partial charge in [-0.05, 0) is 22.0 Å². The minimum absolute atomic E-state index is 0.426. The topological polar surface area (TPSA) is 54.5 Å². The standard InChI is InChI=1S/C10H7BrN4/c11-10-8(2-1-3-13-10)5-15-6-9(4-12)14-7-15/h1-3,6-7H,5H2. The van der Waals surface area contributed by atoms with E-state index in [0.29, 0.717) is 12.2 Å². The molecule has 0 amide bonds. The Balaban J connectivity index is 2.23. The molecule has 0 saturated carbocycles. The zero-order valence-electron chi connectivity index (χ0n) is 7.76. The zero-order valence-corrected chi connectivity index (χ0v) is 9.35. The van der Waals surface area contributed by atoms with Gasteiger partial charge in [0.15, 0.2) is 5.69 Å². The van der Waals surface area contributed by atoms with Crippen molar-refractivity contribution in [2.75, 3.05) is 0 Å². The lowest BCUT2D eigenvalue weighted by Gasteiger charge is -2.03. The van der Waals surface area contributed by atoms with Crippen LogP contribution >= 0.6 is 15.9 Å². The van der Waals surface area contributed by atoms with Crippen molar-refractivity contribution in [1.29, 1.82) is 5.26 Å². The first-order chi connectivity index (χ1) is 7.29. The second-order valence-corrected chi connectivity index (χ2v) is 3.75. The molecule has 0 fully saturated rings. The highest BCUT2D eigenvalue weighted by Gasteiger charge is 2.02. The summed E-state index contributed by atoms with van der Waals surface area (Å²) in [5, 5.41) is 8.62. The Morgan fingerprint density at radius 2 is 2.33 bits per heavy atom. The van der Waals surface area contributed by atoms with Gasteiger partial charge in [-0.3, -0.25) is 0 Å². The Kier molecular flexibility index (Phi) is 2.79. The molecule has 2 aromatic rings. The number of hydrogen-bond acceptors (Lipinski definition) is 3. The Labute approximate surface area is 95.3 Å². The maximum atomic E-state index is 8.62. The van der Waals surface area contributed by atoms with E-state index in [4.69, 9.17) is 5.26 Å². The highest BCUT2D eigenvalue weighted by molar-refractivity contribution is 9.10. The molecule has 74 valence electrons. The van der Waals surface area contributed by atoms with Crippen LogP contribution in [0.15, 0.2) is 35.5 Å². The molecule has 2 aromatic heterocycles. The summed E-state index contributed by atoms with van der Waals surface area (Å²) < 4.78 is 2.66. The van der Waals surface area contributed by atoms with Gasteiger partial charge in [0.25, 0.3) is 0 Å². The van der Waals surface area contributed by atoms with Crippen LogP contribution in [0.25, 0.3) is 0 Å². The van der Waals surface area contributed by atoms with E-state index in [1.165, 1.54) is 0 Å². The average Bonchev–Trinajstić information content (AvgIpc) is 2.69. The lowest BCUT2D eigenvalue weighted by atomic mass is 10.3. The minimum Gasteiger partial charge on any atom is -0.332 e. The summed E-state index contributed by atoms with van der Waals surface area (Å²) in [6.07, 6.45) is 5.07. The van der Waals surface area contributed by atoms with Gasteiger partial charge in [0.05, 0.1) is 12.9 Å². The van der Waals surface area contributed by atoms with E-state index < -0.39 is 0 Å². The SMILES string of the molecule is N#Cc1cn(Cc2cccnc2Br)cn1. The third-order valence-corrected chi connectivity index (χ3v) is 2.65. The van der Waals surface area contributed by atoms with E-state index >= 15 is 0 Å². The van der Waals surface area contributed by atoms with Gasteiger partial charge in [-0.25, -0.2) is 9.97 Å². The fourth-order valence-electron chi connectivity index (χ4n) is 1.24. The van der Waals surface area contributed by atoms with Crippen LogP contribution in [-0.4, -0.2) is 14.5 Å². The van der Waals surface area contributed by atoms with E-state index in [9.17, 15) is 0 Å². The molecule has 0 radical (unpaired) electrons. The normalized spacial score (nSPS) is 9.87. The minimum atomic E-state index is 0.426. The molecular weight excluding hydrogens is 256 g/mol. The number of hydrogen-bond donors (Lipinski definition) is 0. The van der Waals surface area contributed by atoms with Crippen molar-refractivity contribution in [1.82, 2.24) is 14.5 Å². The third kappa shape index (κ3) is 2.22. The van der Waals surface area contributed by atoms with Crippen molar-refractivity contribution in [2.45, 2.75) is 6.54 Å². The summed E-state index contributed by atoms with van der Waals surface area (Å²) in [4.78, 5) is 8.05. The number of nitrogens with zero attached hydrogens (tertiary/aromatic N) is 4. The molecule has 2 rings (SSSR count). The van der Waals surface area contributed by atoms with Gasteiger partial charge in [-0.2, -0.15) is 5.26 Å². The van der Waals surface area contributed by atoms with Crippen LogP contribution in [-0.2, 0) is 6.54 Å². The highest BCUT2D eigenvalue weighted by Crippen LogP contribution is 2.13. The van der Waals surface area contributed by atoms with Crippen LogP contribution in [0.1, 0.15) is 11.3 Å². The quantitative estimate of drug-likeness (QED) is 0.778. The van der Waals surface area contributed by atoms with Crippen LogP contribution in [0.2, 0.25) is 0 Å². The van der Waals surface area contributed by atoms with Gasteiger partial charge in [-0.15, -0.1) is 0 Å². The first-order valence-electron chi connectivity index (χ1n) is 4.31. The summed E-state index contributed by atoms with van der Waals surface area (Å²) in [5.41, 5.74) is 1.48. The molecular formula is C10H7BrN4. The molecule has 0 unspecified atom stereocenters. The fraction of sp³-hybridized carbons (Fsp3) is 0.100. The van der Waals surface area contributed by atoms with E-state index in [2.05, 4.69) is 25.9 Å². The molecule has 15 heavy (non-hydrogen) atoms. The summed E-state index contributed by atoms with van der Waals surface area (Å²) in [7, 11) is 0. The summed E-state index contributed by atoms with van der Waals surface area (Å²) in [6.45, 7) is 0.656. The maximum Gasteiger partial charge on any atom is 0.158 e. The molecule has 0 saturated heterocycles. The van der Waals surface area contributed by atoms with E-state index in [1.807, 2.05) is 22.8 Å². The summed E-state index contributed by atoms with van der Waals surface area (Å²) >= 11 is 3.37. The predicted octanol–water partition coefficient (Wildman–Crippen LogP) is 1.96. The molecule has 2 heterocycles. The van der Waals surface area contributed by atoms with Crippen LogP contribution < -0.4 is 0 Å². The van der Waals surface area contributed by atoms with E-state index in [0.717, 1.165) is 10.2 Å². The summed E-state index contributed by atoms with van der Waals surface area (Å²) in [6, 6.07) is 5.84. The fourth-order valence-corrected chi connectivity index (χ4v) is 1.61. The number of pyridine rings is 1. The van der Waals surface area contributed by atoms with Crippen molar-refractivity contribution in [2.24, 2.45) is 0 Å². The molecule has 0 aliphatic carbocycles. The first-order valence-corrected chi connectivity index (χ1v) is 5.10. The molecule has 0 aromatic carbocycles. The zero-order chi connectivity index (χ0) is 10.7. The smallest absolute Gasteiger partial charge is 0.158 e. The van der Waals surface area contributed by atoms with Gasteiger partial charge >= 0.3 is 0 Å². The monoisotopic (exact) mass is 262 g/mol. The predicted molar refractivity (Wildman–Crippen MR) is 58.0 cm³/mol. The molecule has 0 aliphatic heterocycles. The molecule has 0 atom stereocenters. The van der Waals surface area contributed by atoms with Crippen LogP contribution in [0.4, 0.5) is 0 Å². The van der Waals surface area contributed by atoms with Crippen molar-refractivity contribution in [3.05, 3.63) is 46.7 Å². The lowest BCUT2D eigenvalue weighted by molar-refractivity contribution is 0.788. The van der Waals surface area contributed by atoms with Crippen molar-refractivity contribution < 1.29 is 0 Å². The Morgan fingerprint density at radius 3 is 3.00 bits per heavy atom. The van der Waals surface area contributed by atoms with Gasteiger partial charge in [0, 0.05) is 18.0 Å². The Morgan fingerprint density at radius 1 is 1.47 bits per heavy atom. The van der Waals surface area contributed by atoms with Crippen LogP contribution in [0.5, 0.6) is 0 Å². The number of nitriles is 1. The van der Waals surface area contributed by atoms with E-state index in [-0.39, 0.29) is 0 Å². The third-order valence-electron chi connectivity index (χ3n) is 1.94. The molecule has 0 N–H and O–H groups in total. The first kappa shape index (κ1) is 9.87. The molecule has 0 aliphatic rings. The second kappa shape index (κ2) is 4.24.